The average molecular weight is 266 g/mol. The van der Waals surface area contributed by atoms with Gasteiger partial charge in [-0.1, -0.05) is 0 Å². The number of carbonyl (C=O) groups is 1. The van der Waals surface area contributed by atoms with Crippen molar-refractivity contribution in [1.29, 1.82) is 0 Å². The molecule has 0 spiro atoms. The maximum Gasteiger partial charge on any atom is 0.237 e. The van der Waals surface area contributed by atoms with E-state index in [1.807, 2.05) is 20.8 Å². The van der Waals surface area contributed by atoms with Crippen LogP contribution in [0.15, 0.2) is 0 Å². The van der Waals surface area contributed by atoms with E-state index in [1.165, 1.54) is 0 Å². The van der Waals surface area contributed by atoms with Gasteiger partial charge in [0.15, 0.2) is 0 Å². The molecule has 6 nitrogen and oxygen atoms in total. The van der Waals surface area contributed by atoms with Gasteiger partial charge in [0.05, 0.1) is 24.9 Å². The van der Waals surface area contributed by atoms with Gasteiger partial charge in [-0.15, -0.1) is 0 Å². The molecule has 0 aliphatic carbocycles. The second kappa shape index (κ2) is 6.16. The molecule has 1 atom stereocenters. The van der Waals surface area contributed by atoms with E-state index in [0.717, 1.165) is 30.0 Å². The number of hydrogen-bond donors (Lipinski definition) is 2. The monoisotopic (exact) mass is 266 g/mol. The maximum atomic E-state index is 12.1. The highest BCUT2D eigenvalue weighted by atomic mass is 16.5. The van der Waals surface area contributed by atoms with Gasteiger partial charge in [-0.05, 0) is 20.8 Å². The van der Waals surface area contributed by atoms with Crippen LogP contribution in [0.4, 0.5) is 0 Å². The number of carbonyl (C=O) groups excluding carboxylic acids is 1. The highest BCUT2D eigenvalue weighted by Gasteiger charge is 2.23. The van der Waals surface area contributed by atoms with Crippen LogP contribution in [0, 0.1) is 13.8 Å². The van der Waals surface area contributed by atoms with E-state index in [1.54, 1.807) is 0 Å². The Balaban J connectivity index is 1.87. The summed E-state index contributed by atoms with van der Waals surface area (Å²) in [5.74, 6) is 0.0573. The van der Waals surface area contributed by atoms with Crippen molar-refractivity contribution in [2.45, 2.75) is 33.4 Å². The molecule has 2 N–H and O–H groups in total. The number of aromatic amines is 1. The van der Waals surface area contributed by atoms with E-state index < -0.39 is 0 Å². The van der Waals surface area contributed by atoms with Crippen LogP contribution in [0.25, 0.3) is 0 Å². The third-order valence-electron chi connectivity index (χ3n) is 3.69. The number of aryl methyl sites for hydroxylation is 2. The number of aromatic nitrogens is 2. The molecular formula is C13H22N4O2. The highest BCUT2D eigenvalue weighted by molar-refractivity contribution is 5.81. The molecule has 1 aromatic heterocycles. The van der Waals surface area contributed by atoms with Gasteiger partial charge in [-0.25, -0.2) is 0 Å². The first-order valence-electron chi connectivity index (χ1n) is 6.69. The zero-order valence-corrected chi connectivity index (χ0v) is 11.8. The van der Waals surface area contributed by atoms with Crippen LogP contribution >= 0.6 is 0 Å². The molecule has 2 rings (SSSR count). The van der Waals surface area contributed by atoms with Crippen molar-refractivity contribution < 1.29 is 9.53 Å². The summed E-state index contributed by atoms with van der Waals surface area (Å²) in [6.45, 7) is 9.42. The van der Waals surface area contributed by atoms with E-state index >= 15 is 0 Å². The zero-order valence-electron chi connectivity index (χ0n) is 11.8. The number of H-pyrrole nitrogens is 1. The fraction of sp³-hybridized carbons (Fsp3) is 0.692. The lowest BCUT2D eigenvalue weighted by Crippen LogP contribution is -2.49. The van der Waals surface area contributed by atoms with Gasteiger partial charge in [-0.3, -0.25) is 14.8 Å². The Labute approximate surface area is 113 Å². The quantitative estimate of drug-likeness (QED) is 0.825. The minimum absolute atomic E-state index is 0.0573. The van der Waals surface area contributed by atoms with Crippen LogP contribution in [0.5, 0.6) is 0 Å². The summed E-state index contributed by atoms with van der Waals surface area (Å²) >= 11 is 0. The first-order chi connectivity index (χ1) is 9.09. The molecule has 6 heteroatoms. The standard InChI is InChI=1S/C13H22N4O2/c1-9-12(10(2)16-15-9)8-14-13(18)11(3)17-4-6-19-7-5-17/h11H,4-8H2,1-3H3,(H,14,18)(H,15,16). The van der Waals surface area contributed by atoms with Crippen LogP contribution in [0.2, 0.25) is 0 Å². The van der Waals surface area contributed by atoms with Crippen LogP contribution in [0.3, 0.4) is 0 Å². The molecular weight excluding hydrogens is 244 g/mol. The minimum atomic E-state index is -0.114. The second-order valence-electron chi connectivity index (χ2n) is 4.95. The number of hydrogen-bond acceptors (Lipinski definition) is 4. The number of amides is 1. The van der Waals surface area contributed by atoms with Gasteiger partial charge in [0, 0.05) is 30.9 Å². The smallest absolute Gasteiger partial charge is 0.237 e. The molecule has 1 saturated heterocycles. The number of morpholine rings is 1. The van der Waals surface area contributed by atoms with Gasteiger partial charge in [-0.2, -0.15) is 5.10 Å². The lowest BCUT2D eigenvalue weighted by Gasteiger charge is -2.31. The molecule has 0 saturated carbocycles. The van der Waals surface area contributed by atoms with Crippen molar-refractivity contribution in [3.05, 3.63) is 17.0 Å². The Morgan fingerprint density at radius 2 is 2.16 bits per heavy atom. The van der Waals surface area contributed by atoms with Gasteiger partial charge >= 0.3 is 0 Å². The van der Waals surface area contributed by atoms with Crippen molar-refractivity contribution in [1.82, 2.24) is 20.4 Å². The first kappa shape index (κ1) is 14.0. The fourth-order valence-corrected chi connectivity index (χ4v) is 2.29. The van der Waals surface area contributed by atoms with Crippen LogP contribution in [-0.2, 0) is 16.1 Å². The van der Waals surface area contributed by atoms with Crippen LogP contribution in [0.1, 0.15) is 23.9 Å². The minimum Gasteiger partial charge on any atom is -0.379 e. The summed E-state index contributed by atoms with van der Waals surface area (Å²) in [6, 6.07) is -0.114. The second-order valence-corrected chi connectivity index (χ2v) is 4.95. The summed E-state index contributed by atoms with van der Waals surface area (Å²) in [5.41, 5.74) is 3.02. The van der Waals surface area contributed by atoms with E-state index in [4.69, 9.17) is 4.74 Å². The van der Waals surface area contributed by atoms with Crippen molar-refractivity contribution in [2.24, 2.45) is 0 Å². The molecule has 1 aromatic rings. The number of nitrogens with one attached hydrogen (secondary N) is 2. The topological polar surface area (TPSA) is 70.2 Å². The van der Waals surface area contributed by atoms with E-state index in [-0.39, 0.29) is 11.9 Å². The summed E-state index contributed by atoms with van der Waals surface area (Å²) in [6.07, 6.45) is 0. The molecule has 1 unspecified atom stereocenters. The van der Waals surface area contributed by atoms with Crippen molar-refractivity contribution in [2.75, 3.05) is 26.3 Å². The first-order valence-corrected chi connectivity index (χ1v) is 6.69. The van der Waals surface area contributed by atoms with Gasteiger partial charge in [0.25, 0.3) is 0 Å². The number of rotatable bonds is 4. The molecule has 2 heterocycles. The van der Waals surface area contributed by atoms with Gasteiger partial charge in [0.1, 0.15) is 0 Å². The lowest BCUT2D eigenvalue weighted by molar-refractivity contribution is -0.127. The van der Waals surface area contributed by atoms with Gasteiger partial charge in [0.2, 0.25) is 5.91 Å². The normalized spacial score (nSPS) is 18.3. The average Bonchev–Trinajstić information content (AvgIpc) is 2.75. The molecule has 1 fully saturated rings. The molecule has 1 aliphatic heterocycles. The van der Waals surface area contributed by atoms with Crippen molar-refractivity contribution >= 4 is 5.91 Å². The Kier molecular flexibility index (Phi) is 4.55. The molecule has 0 bridgehead atoms. The molecule has 19 heavy (non-hydrogen) atoms. The van der Waals surface area contributed by atoms with E-state index in [9.17, 15) is 4.79 Å². The molecule has 106 valence electrons. The summed E-state index contributed by atoms with van der Waals surface area (Å²) in [5, 5.41) is 10.0. The summed E-state index contributed by atoms with van der Waals surface area (Å²) in [4.78, 5) is 14.3. The van der Waals surface area contributed by atoms with E-state index in [0.29, 0.717) is 19.8 Å². The molecule has 0 radical (unpaired) electrons. The number of nitrogens with zero attached hydrogens (tertiary/aromatic N) is 2. The summed E-state index contributed by atoms with van der Waals surface area (Å²) < 4.78 is 5.29. The van der Waals surface area contributed by atoms with Crippen LogP contribution in [-0.4, -0.2) is 53.3 Å². The van der Waals surface area contributed by atoms with Gasteiger partial charge < -0.3 is 10.1 Å². The predicted octanol–water partition coefficient (Wildman–Crippen LogP) is 0.363. The SMILES string of the molecule is Cc1n[nH]c(C)c1CNC(=O)C(C)N1CCOCC1. The fourth-order valence-electron chi connectivity index (χ4n) is 2.29. The largest absolute Gasteiger partial charge is 0.379 e. The maximum absolute atomic E-state index is 12.1. The highest BCUT2D eigenvalue weighted by Crippen LogP contribution is 2.09. The Bertz CT molecular complexity index is 418. The molecule has 1 amide bonds. The third-order valence-corrected chi connectivity index (χ3v) is 3.69. The third kappa shape index (κ3) is 3.33. The zero-order chi connectivity index (χ0) is 13.8. The Morgan fingerprint density at radius 3 is 2.74 bits per heavy atom. The number of ether oxygens (including phenoxy) is 1. The van der Waals surface area contributed by atoms with Crippen molar-refractivity contribution in [3.63, 3.8) is 0 Å². The lowest BCUT2D eigenvalue weighted by atomic mass is 10.2. The Hall–Kier alpha value is -1.40. The molecule has 0 aromatic carbocycles. The Morgan fingerprint density at radius 1 is 1.47 bits per heavy atom. The van der Waals surface area contributed by atoms with Crippen molar-refractivity contribution in [3.8, 4) is 0 Å². The van der Waals surface area contributed by atoms with Crippen LogP contribution < -0.4 is 5.32 Å². The van der Waals surface area contributed by atoms with E-state index in [2.05, 4.69) is 20.4 Å². The predicted molar refractivity (Wildman–Crippen MR) is 71.8 cm³/mol. The molecule has 1 aliphatic rings. The summed E-state index contributed by atoms with van der Waals surface area (Å²) in [7, 11) is 0.